The first-order valence-corrected chi connectivity index (χ1v) is 33.7. The summed E-state index contributed by atoms with van der Waals surface area (Å²) in [6.45, 7) is 4.84. The Morgan fingerprint density at radius 2 is 0.740 bits per heavy atom. The molecule has 3 atom stereocenters. The zero-order chi connectivity index (χ0) is 53.5. The van der Waals surface area contributed by atoms with Gasteiger partial charge in [-0.3, -0.25) is 13.8 Å². The number of aliphatic hydroxyl groups excluding tert-OH is 1. The van der Waals surface area contributed by atoms with Gasteiger partial charge in [-0.25, -0.2) is 4.57 Å². The van der Waals surface area contributed by atoms with Crippen molar-refractivity contribution in [3.8, 4) is 0 Å². The molecule has 0 aliphatic carbocycles. The van der Waals surface area contributed by atoms with E-state index in [0.717, 1.165) is 38.5 Å². The van der Waals surface area contributed by atoms with E-state index in [-0.39, 0.29) is 19.1 Å². The maximum Gasteiger partial charge on any atom is 0.472 e. The summed E-state index contributed by atoms with van der Waals surface area (Å²) in [4.78, 5) is 23.3. The lowest BCUT2D eigenvalue weighted by Crippen LogP contribution is -2.45. The van der Waals surface area contributed by atoms with Crippen LogP contribution in [0.15, 0.2) is 24.3 Å². The lowest BCUT2D eigenvalue weighted by Gasteiger charge is -2.25. The SMILES string of the molecule is CCCCCCCCCC/C=C\CCCCCCCCCCCCCCCCCCCCCCCCCCCCCC(=O)NC(COP(=O)(O)OCC[N+](C)(C)C)C(O)/C=C/CCCCCCCCCCCC. The molecule has 434 valence electrons. The second kappa shape index (κ2) is 55.7. The van der Waals surface area contributed by atoms with E-state index in [2.05, 4.69) is 31.3 Å². The fraction of sp³-hybridized carbons (Fsp3) is 0.922. The normalized spacial score (nSPS) is 13.9. The number of phosphoric acid groups is 1. The van der Waals surface area contributed by atoms with Gasteiger partial charge in [0.1, 0.15) is 13.2 Å². The molecule has 9 heteroatoms. The lowest BCUT2D eigenvalue weighted by atomic mass is 10.0. The molecule has 3 N–H and O–H groups in total. The van der Waals surface area contributed by atoms with Crippen LogP contribution in [0.5, 0.6) is 0 Å². The second-order valence-corrected chi connectivity index (χ2v) is 24.9. The first-order chi connectivity index (χ1) is 35.5. The predicted octanol–water partition coefficient (Wildman–Crippen LogP) is 19.9. The summed E-state index contributed by atoms with van der Waals surface area (Å²) in [6.07, 6.45) is 71.9. The van der Waals surface area contributed by atoms with Crippen LogP contribution in [0, 0.1) is 0 Å². The number of aliphatic hydroxyl groups is 1. The fourth-order valence-electron chi connectivity index (χ4n) is 9.86. The molecule has 0 aliphatic rings. The van der Waals surface area contributed by atoms with E-state index < -0.39 is 20.0 Å². The lowest BCUT2D eigenvalue weighted by molar-refractivity contribution is -0.870. The Bertz CT molecular complexity index is 1240. The quantitative estimate of drug-likeness (QED) is 0.0243. The number of allylic oxidation sites excluding steroid dienone is 3. The molecule has 0 spiro atoms. The van der Waals surface area contributed by atoms with Gasteiger partial charge in [0.25, 0.3) is 0 Å². The van der Waals surface area contributed by atoms with Crippen LogP contribution in [-0.2, 0) is 18.4 Å². The van der Waals surface area contributed by atoms with Gasteiger partial charge in [-0.2, -0.15) is 0 Å². The highest BCUT2D eigenvalue weighted by molar-refractivity contribution is 7.47. The van der Waals surface area contributed by atoms with Gasteiger partial charge in [-0.05, 0) is 44.9 Å². The summed E-state index contributed by atoms with van der Waals surface area (Å²) in [5, 5.41) is 13.9. The molecule has 0 rings (SSSR count). The van der Waals surface area contributed by atoms with Crippen LogP contribution in [0.4, 0.5) is 0 Å². The molecule has 0 fully saturated rings. The van der Waals surface area contributed by atoms with Crippen LogP contribution in [0.2, 0.25) is 0 Å². The third kappa shape index (κ3) is 58.5. The number of amides is 1. The Labute approximate surface area is 455 Å². The Kier molecular flexibility index (Phi) is 54.9. The molecule has 73 heavy (non-hydrogen) atoms. The van der Waals surface area contributed by atoms with Crippen LogP contribution in [-0.4, -0.2) is 73.4 Å². The van der Waals surface area contributed by atoms with Gasteiger partial charge in [0.05, 0.1) is 39.9 Å². The summed E-state index contributed by atoms with van der Waals surface area (Å²) in [5.74, 6) is -0.171. The van der Waals surface area contributed by atoms with Gasteiger partial charge in [0.2, 0.25) is 5.91 Å². The van der Waals surface area contributed by atoms with E-state index in [1.54, 1.807) is 6.08 Å². The minimum Gasteiger partial charge on any atom is -0.387 e. The number of unbranched alkanes of at least 4 members (excludes halogenated alkanes) is 45. The maximum atomic E-state index is 13.0. The van der Waals surface area contributed by atoms with E-state index in [0.29, 0.717) is 17.4 Å². The predicted molar refractivity (Wildman–Crippen MR) is 318 cm³/mol. The zero-order valence-corrected chi connectivity index (χ0v) is 50.5. The number of carbonyl (C=O) groups excluding carboxylic acids is 1. The molecule has 0 saturated heterocycles. The molecule has 8 nitrogen and oxygen atoms in total. The highest BCUT2D eigenvalue weighted by atomic mass is 31.2. The van der Waals surface area contributed by atoms with Gasteiger partial charge in [-0.15, -0.1) is 0 Å². The summed E-state index contributed by atoms with van der Waals surface area (Å²) in [6, 6.07) is -0.842. The van der Waals surface area contributed by atoms with Crippen molar-refractivity contribution in [3.63, 3.8) is 0 Å². The summed E-state index contributed by atoms with van der Waals surface area (Å²) < 4.78 is 23.7. The first kappa shape index (κ1) is 72.0. The third-order valence-electron chi connectivity index (χ3n) is 14.9. The monoisotopic (exact) mass is 1050 g/mol. The summed E-state index contributed by atoms with van der Waals surface area (Å²) >= 11 is 0. The van der Waals surface area contributed by atoms with Crippen molar-refractivity contribution in [1.29, 1.82) is 0 Å². The summed E-state index contributed by atoms with van der Waals surface area (Å²) in [5.41, 5.74) is 0. The Morgan fingerprint density at radius 3 is 1.05 bits per heavy atom. The molecule has 0 aromatic carbocycles. The fourth-order valence-corrected chi connectivity index (χ4v) is 10.6. The molecular formula is C64H128N2O6P+. The van der Waals surface area contributed by atoms with Gasteiger partial charge >= 0.3 is 7.82 Å². The van der Waals surface area contributed by atoms with Crippen molar-refractivity contribution >= 4 is 13.7 Å². The number of quaternary nitrogens is 1. The largest absolute Gasteiger partial charge is 0.472 e. The van der Waals surface area contributed by atoms with Crippen LogP contribution in [0.25, 0.3) is 0 Å². The molecule has 1 amide bonds. The number of carbonyl (C=O) groups is 1. The number of likely N-dealkylation sites (N-methyl/N-ethyl adjacent to an activating group) is 1. The minimum absolute atomic E-state index is 0.0642. The number of nitrogens with one attached hydrogen (secondary N) is 1. The van der Waals surface area contributed by atoms with E-state index >= 15 is 0 Å². The number of nitrogens with zero attached hydrogens (tertiary/aromatic N) is 1. The average molecular weight is 1050 g/mol. The van der Waals surface area contributed by atoms with Crippen molar-refractivity contribution in [2.45, 2.75) is 341 Å². The smallest absolute Gasteiger partial charge is 0.387 e. The standard InChI is InChI=1S/C64H127N2O6P/c1-6-8-10-12-14-16-18-20-21-22-23-24-25-26-27-28-29-30-31-32-33-34-35-36-37-38-39-40-41-42-43-44-45-46-48-50-52-54-56-58-64(68)65-62(61-72-73(69,70)71-60-59-66(3,4)5)63(67)57-55-53-51-49-47-19-17-15-13-11-9-7-2/h22-23,55,57,62-63,67H,6-21,24-54,56,58-61H2,1-5H3,(H-,65,68,69,70)/p+1/b23-22-,57-55+. The molecule has 0 aromatic heterocycles. The van der Waals surface area contributed by atoms with E-state index in [9.17, 15) is 19.4 Å². The molecule has 0 saturated carbocycles. The average Bonchev–Trinajstić information content (AvgIpc) is 3.35. The van der Waals surface area contributed by atoms with Gasteiger partial charge in [-0.1, -0.05) is 301 Å². The molecule has 0 aromatic rings. The molecule has 0 radical (unpaired) electrons. The van der Waals surface area contributed by atoms with Gasteiger partial charge in [0.15, 0.2) is 0 Å². The van der Waals surface area contributed by atoms with Crippen molar-refractivity contribution in [3.05, 3.63) is 24.3 Å². The van der Waals surface area contributed by atoms with Crippen LogP contribution in [0.1, 0.15) is 328 Å². The van der Waals surface area contributed by atoms with Crippen molar-refractivity contribution in [2.75, 3.05) is 40.9 Å². The maximum absolute atomic E-state index is 13.0. The first-order valence-electron chi connectivity index (χ1n) is 32.2. The van der Waals surface area contributed by atoms with Crippen molar-refractivity contribution < 1.29 is 32.9 Å². The Hall–Kier alpha value is -1.02. The highest BCUT2D eigenvalue weighted by Crippen LogP contribution is 2.43. The second-order valence-electron chi connectivity index (χ2n) is 23.5. The number of phosphoric ester groups is 1. The van der Waals surface area contributed by atoms with Crippen molar-refractivity contribution in [2.24, 2.45) is 0 Å². The summed E-state index contributed by atoms with van der Waals surface area (Å²) in [7, 11) is 1.59. The zero-order valence-electron chi connectivity index (χ0n) is 49.7. The number of rotatable bonds is 60. The Balaban J connectivity index is 3.82. The van der Waals surface area contributed by atoms with Crippen molar-refractivity contribution in [1.82, 2.24) is 5.32 Å². The molecule has 0 bridgehead atoms. The minimum atomic E-state index is -4.34. The van der Waals surface area contributed by atoms with E-state index in [1.807, 2.05) is 27.2 Å². The van der Waals surface area contributed by atoms with Gasteiger partial charge < -0.3 is 19.8 Å². The highest BCUT2D eigenvalue weighted by Gasteiger charge is 2.28. The number of hydrogen-bond donors (Lipinski definition) is 3. The van der Waals surface area contributed by atoms with Crippen LogP contribution in [0.3, 0.4) is 0 Å². The van der Waals surface area contributed by atoms with E-state index in [4.69, 9.17) is 9.05 Å². The van der Waals surface area contributed by atoms with Crippen LogP contribution < -0.4 is 5.32 Å². The Morgan fingerprint density at radius 1 is 0.452 bits per heavy atom. The van der Waals surface area contributed by atoms with E-state index in [1.165, 1.54) is 270 Å². The molecule has 0 aliphatic heterocycles. The topological polar surface area (TPSA) is 105 Å². The number of hydrogen-bond acceptors (Lipinski definition) is 5. The molecule has 3 unspecified atom stereocenters. The van der Waals surface area contributed by atoms with Crippen LogP contribution >= 0.6 is 7.82 Å². The molecular weight excluding hydrogens is 924 g/mol. The van der Waals surface area contributed by atoms with Gasteiger partial charge in [0, 0.05) is 6.42 Å². The third-order valence-corrected chi connectivity index (χ3v) is 15.9. The molecule has 0 heterocycles.